The van der Waals surface area contributed by atoms with Gasteiger partial charge in [0.05, 0.1) is 0 Å². The van der Waals surface area contributed by atoms with Gasteiger partial charge >= 0.3 is 5.63 Å². The lowest BCUT2D eigenvalue weighted by Gasteiger charge is -2.31. The highest BCUT2D eigenvalue weighted by Crippen LogP contribution is 2.33. The van der Waals surface area contributed by atoms with Gasteiger partial charge in [0, 0.05) is 6.07 Å². The molecule has 1 aliphatic heterocycles. The highest BCUT2D eigenvalue weighted by atomic mass is 16.5. The van der Waals surface area contributed by atoms with Crippen molar-refractivity contribution in [2.45, 2.75) is 32.2 Å². The Morgan fingerprint density at radius 2 is 2.12 bits per heavy atom. The summed E-state index contributed by atoms with van der Waals surface area (Å²) in [5, 5.41) is 19.4. The highest BCUT2D eigenvalue weighted by Gasteiger charge is 2.36. The predicted molar refractivity (Wildman–Crippen MR) is 60.7 cm³/mol. The second-order valence-corrected chi connectivity index (χ2v) is 3.97. The first kappa shape index (κ1) is 11.9. The van der Waals surface area contributed by atoms with Crippen LogP contribution in [0.1, 0.15) is 31.3 Å². The number of ether oxygens (including phenoxy) is 1. The maximum Gasteiger partial charge on any atom is 0.345 e. The molecular formula is C12H14O5. The normalized spacial score (nSPS) is 27.9. The van der Waals surface area contributed by atoms with Gasteiger partial charge in [-0.05, 0) is 19.9 Å². The van der Waals surface area contributed by atoms with E-state index in [9.17, 15) is 15.0 Å². The monoisotopic (exact) mass is 238 g/mol. The van der Waals surface area contributed by atoms with E-state index in [0.717, 1.165) is 0 Å². The van der Waals surface area contributed by atoms with Crippen LogP contribution in [0.15, 0.2) is 21.4 Å². The average molecular weight is 238 g/mol. The van der Waals surface area contributed by atoms with Crippen LogP contribution < -0.4 is 10.4 Å². The maximum atomic E-state index is 11.7. The van der Waals surface area contributed by atoms with Crippen molar-refractivity contribution in [2.75, 3.05) is 0 Å². The molecule has 0 amide bonds. The van der Waals surface area contributed by atoms with Crippen molar-refractivity contribution in [3.63, 3.8) is 0 Å². The Bertz CT molecular complexity index is 502. The third-order valence-electron chi connectivity index (χ3n) is 2.71. The van der Waals surface area contributed by atoms with E-state index in [4.69, 9.17) is 9.15 Å². The molecule has 2 N–H and O–H groups in total. The first-order valence-corrected chi connectivity index (χ1v) is 5.38. The molecule has 3 atom stereocenters. The lowest BCUT2D eigenvalue weighted by molar-refractivity contribution is -0.0636. The molecule has 17 heavy (non-hydrogen) atoms. The first-order valence-electron chi connectivity index (χ1n) is 5.38. The van der Waals surface area contributed by atoms with Gasteiger partial charge < -0.3 is 19.4 Å². The molecule has 1 aromatic heterocycles. The van der Waals surface area contributed by atoms with Crippen LogP contribution in [-0.2, 0) is 0 Å². The summed E-state index contributed by atoms with van der Waals surface area (Å²) < 4.78 is 10.4. The summed E-state index contributed by atoms with van der Waals surface area (Å²) in [6, 6.07) is 1.53. The fourth-order valence-corrected chi connectivity index (χ4v) is 1.81. The Kier molecular flexibility index (Phi) is 3.04. The molecule has 5 nitrogen and oxygen atoms in total. The van der Waals surface area contributed by atoms with Crippen LogP contribution in [0.3, 0.4) is 0 Å². The van der Waals surface area contributed by atoms with E-state index in [-0.39, 0.29) is 11.3 Å². The van der Waals surface area contributed by atoms with Crippen LogP contribution in [0.5, 0.6) is 5.75 Å². The molecule has 0 radical (unpaired) electrons. The summed E-state index contributed by atoms with van der Waals surface area (Å²) in [6.07, 6.45) is 0.371. The number of aliphatic hydroxyl groups excluding tert-OH is 2. The summed E-state index contributed by atoms with van der Waals surface area (Å²) in [7, 11) is 0. The molecule has 0 aromatic carbocycles. The smallest absolute Gasteiger partial charge is 0.345 e. The lowest BCUT2D eigenvalue weighted by atomic mass is 9.98. The minimum absolute atomic E-state index is 0.0242. The van der Waals surface area contributed by atoms with Crippen LogP contribution in [0.2, 0.25) is 0 Å². The molecular weight excluding hydrogens is 224 g/mol. The molecule has 0 unspecified atom stereocenters. The fourth-order valence-electron chi connectivity index (χ4n) is 1.81. The summed E-state index contributed by atoms with van der Waals surface area (Å²) in [4.78, 5) is 11.7. The van der Waals surface area contributed by atoms with E-state index < -0.39 is 23.9 Å². The largest absolute Gasteiger partial charge is 0.487 e. The maximum absolute atomic E-state index is 11.7. The van der Waals surface area contributed by atoms with Gasteiger partial charge in [-0.15, -0.1) is 0 Å². The van der Waals surface area contributed by atoms with Crippen LogP contribution in [-0.4, -0.2) is 22.4 Å². The quantitative estimate of drug-likeness (QED) is 0.758. The zero-order valence-corrected chi connectivity index (χ0v) is 9.58. The molecule has 0 spiro atoms. The average Bonchev–Trinajstić information content (AvgIpc) is 2.25. The second kappa shape index (κ2) is 4.35. The van der Waals surface area contributed by atoms with E-state index in [1.54, 1.807) is 26.0 Å². The number of aliphatic hydroxyl groups is 2. The molecule has 0 saturated heterocycles. The standard InChI is InChI=1S/C12H14O5/c1-3-4-7-5-8-9(12(15)17-7)11(14)10(13)6(2)16-8/h3-6,10-11,13-14H,1-2H3/t6-,10-,11-/m0/s1. The first-order chi connectivity index (χ1) is 8.04. The summed E-state index contributed by atoms with van der Waals surface area (Å²) in [5.74, 6) is 0.617. The van der Waals surface area contributed by atoms with Crippen LogP contribution >= 0.6 is 0 Å². The molecule has 2 rings (SSSR count). The van der Waals surface area contributed by atoms with Crippen molar-refractivity contribution in [1.82, 2.24) is 0 Å². The number of hydrogen-bond donors (Lipinski definition) is 2. The molecule has 0 saturated carbocycles. The predicted octanol–water partition coefficient (Wildman–Crippen LogP) is 0.848. The molecule has 0 aliphatic carbocycles. The molecule has 2 heterocycles. The van der Waals surface area contributed by atoms with Crippen molar-refractivity contribution < 1.29 is 19.4 Å². The Morgan fingerprint density at radius 1 is 1.41 bits per heavy atom. The van der Waals surface area contributed by atoms with Crippen LogP contribution in [0.4, 0.5) is 0 Å². The minimum Gasteiger partial charge on any atom is -0.487 e. The van der Waals surface area contributed by atoms with Gasteiger partial charge in [0.15, 0.2) is 0 Å². The van der Waals surface area contributed by atoms with Crippen molar-refractivity contribution in [3.8, 4) is 5.75 Å². The Balaban J connectivity index is 2.56. The van der Waals surface area contributed by atoms with Crippen molar-refractivity contribution >= 4 is 6.08 Å². The summed E-state index contributed by atoms with van der Waals surface area (Å²) in [5.41, 5.74) is -0.710. The van der Waals surface area contributed by atoms with E-state index in [2.05, 4.69) is 0 Å². The Morgan fingerprint density at radius 3 is 2.76 bits per heavy atom. The van der Waals surface area contributed by atoms with E-state index in [0.29, 0.717) is 5.76 Å². The lowest BCUT2D eigenvalue weighted by Crippen LogP contribution is -2.40. The molecule has 92 valence electrons. The van der Waals surface area contributed by atoms with Crippen LogP contribution in [0, 0.1) is 0 Å². The molecule has 0 bridgehead atoms. The Labute approximate surface area is 98.0 Å². The third-order valence-corrected chi connectivity index (χ3v) is 2.71. The van der Waals surface area contributed by atoms with Crippen molar-refractivity contribution in [1.29, 1.82) is 0 Å². The van der Waals surface area contributed by atoms with Gasteiger partial charge in [-0.1, -0.05) is 6.08 Å². The van der Waals surface area contributed by atoms with Gasteiger partial charge in [-0.3, -0.25) is 0 Å². The van der Waals surface area contributed by atoms with Crippen molar-refractivity contribution in [3.05, 3.63) is 33.9 Å². The van der Waals surface area contributed by atoms with E-state index >= 15 is 0 Å². The second-order valence-electron chi connectivity index (χ2n) is 3.97. The Hall–Kier alpha value is -1.59. The van der Waals surface area contributed by atoms with Gasteiger partial charge in [-0.2, -0.15) is 0 Å². The van der Waals surface area contributed by atoms with Gasteiger partial charge in [0.1, 0.15) is 35.4 Å². The third kappa shape index (κ3) is 1.99. The number of allylic oxidation sites excluding steroid dienone is 1. The van der Waals surface area contributed by atoms with Crippen LogP contribution in [0.25, 0.3) is 6.08 Å². The molecule has 0 fully saturated rings. The van der Waals surface area contributed by atoms with E-state index in [1.165, 1.54) is 6.07 Å². The molecule has 5 heteroatoms. The molecule has 1 aromatic rings. The SMILES string of the molecule is CC=Cc1cc2c(c(=O)o1)[C@H](O)[C@@H](O)[C@H](C)O2. The fraction of sp³-hybridized carbons (Fsp3) is 0.417. The van der Waals surface area contributed by atoms with Gasteiger partial charge in [0.2, 0.25) is 0 Å². The topological polar surface area (TPSA) is 79.9 Å². The number of fused-ring (bicyclic) bond motifs is 1. The van der Waals surface area contributed by atoms with Gasteiger partial charge in [-0.25, -0.2) is 4.79 Å². The number of rotatable bonds is 1. The van der Waals surface area contributed by atoms with Crippen molar-refractivity contribution in [2.24, 2.45) is 0 Å². The number of hydrogen-bond acceptors (Lipinski definition) is 5. The minimum atomic E-state index is -1.27. The van der Waals surface area contributed by atoms with E-state index in [1.807, 2.05) is 0 Å². The highest BCUT2D eigenvalue weighted by molar-refractivity contribution is 5.47. The zero-order chi connectivity index (χ0) is 12.6. The zero-order valence-electron chi connectivity index (χ0n) is 9.58. The summed E-state index contributed by atoms with van der Waals surface area (Å²) in [6.45, 7) is 3.42. The van der Waals surface area contributed by atoms with Gasteiger partial charge in [0.25, 0.3) is 0 Å². The summed E-state index contributed by atoms with van der Waals surface area (Å²) >= 11 is 0. The molecule has 1 aliphatic rings.